The van der Waals surface area contributed by atoms with Gasteiger partial charge in [-0.15, -0.1) is 0 Å². The second-order valence-electron chi connectivity index (χ2n) is 5.65. The van der Waals surface area contributed by atoms with Crippen molar-refractivity contribution in [2.45, 2.75) is 13.0 Å². The Morgan fingerprint density at radius 1 is 1.15 bits per heavy atom. The number of carbonyl (C=O) groups excluding carboxylic acids is 2. The van der Waals surface area contributed by atoms with Crippen molar-refractivity contribution in [2.24, 2.45) is 0 Å². The largest absolute Gasteiger partial charge is 0.495 e. The first-order chi connectivity index (χ1) is 12.5. The van der Waals surface area contributed by atoms with Crippen molar-refractivity contribution in [3.63, 3.8) is 0 Å². The molecule has 0 spiro atoms. The van der Waals surface area contributed by atoms with E-state index in [1.807, 2.05) is 18.2 Å². The first kappa shape index (κ1) is 18.0. The number of ether oxygens (including phenoxy) is 2. The summed E-state index contributed by atoms with van der Waals surface area (Å²) < 4.78 is 11.4. The monoisotopic (exact) mass is 416 g/mol. The molecule has 134 valence electrons. The molecule has 1 aromatic heterocycles. The fourth-order valence-electron chi connectivity index (χ4n) is 2.47. The lowest BCUT2D eigenvalue weighted by molar-refractivity contribution is -0.123. The van der Waals surface area contributed by atoms with Crippen molar-refractivity contribution in [2.75, 3.05) is 12.4 Å². The first-order valence-corrected chi connectivity index (χ1v) is 8.70. The molecule has 0 saturated heterocycles. The van der Waals surface area contributed by atoms with E-state index in [1.165, 1.54) is 14.0 Å². The highest BCUT2D eigenvalue weighted by Gasteiger charge is 2.21. The Morgan fingerprint density at radius 2 is 1.92 bits per heavy atom. The molecule has 2 N–H and O–H groups in total. The third-order valence-electron chi connectivity index (χ3n) is 3.82. The summed E-state index contributed by atoms with van der Waals surface area (Å²) in [5.41, 5.74) is 1.61. The first-order valence-electron chi connectivity index (χ1n) is 7.91. The van der Waals surface area contributed by atoms with Gasteiger partial charge in [0.1, 0.15) is 11.4 Å². The zero-order valence-electron chi connectivity index (χ0n) is 14.2. The number of nitrogens with one attached hydrogen (secondary N) is 2. The Kier molecular flexibility index (Phi) is 5.27. The van der Waals surface area contributed by atoms with Crippen LogP contribution in [-0.4, -0.2) is 30.1 Å². The van der Waals surface area contributed by atoms with Gasteiger partial charge in [-0.1, -0.05) is 28.1 Å². The molecule has 2 aromatic carbocycles. The number of benzene rings is 2. The highest BCUT2D eigenvalue weighted by molar-refractivity contribution is 9.10. The van der Waals surface area contributed by atoms with Gasteiger partial charge in [0.2, 0.25) is 0 Å². The Balaban J connectivity index is 1.68. The standard InChI is InChI=1S/C19H17BrN2O4/c1-11(18(23)22-15-5-3-4-6-17(15)25-2)26-19(24)16-10-12-9-13(20)7-8-14(12)21-16/h3-11,21H,1-2H3,(H,22,23). The molecule has 0 saturated carbocycles. The van der Waals surface area contributed by atoms with Gasteiger partial charge in [0.15, 0.2) is 6.10 Å². The van der Waals surface area contributed by atoms with Crippen molar-refractivity contribution < 1.29 is 19.1 Å². The van der Waals surface area contributed by atoms with Crippen molar-refractivity contribution in [1.29, 1.82) is 0 Å². The molecule has 0 radical (unpaired) electrons. The second-order valence-corrected chi connectivity index (χ2v) is 6.57. The molecule has 3 rings (SSSR count). The van der Waals surface area contributed by atoms with Crippen LogP contribution in [0.1, 0.15) is 17.4 Å². The predicted molar refractivity (Wildman–Crippen MR) is 102 cm³/mol. The minimum absolute atomic E-state index is 0.287. The summed E-state index contributed by atoms with van der Waals surface area (Å²) in [5, 5.41) is 3.57. The third-order valence-corrected chi connectivity index (χ3v) is 4.31. The molecule has 1 unspecified atom stereocenters. The number of halogens is 1. The van der Waals surface area contributed by atoms with Gasteiger partial charge in [-0.05, 0) is 43.3 Å². The van der Waals surface area contributed by atoms with E-state index in [0.29, 0.717) is 11.4 Å². The molecule has 0 aliphatic rings. The Morgan fingerprint density at radius 3 is 2.69 bits per heavy atom. The number of fused-ring (bicyclic) bond motifs is 1. The van der Waals surface area contributed by atoms with Crippen LogP contribution in [0.3, 0.4) is 0 Å². The van der Waals surface area contributed by atoms with Crippen molar-refractivity contribution in [3.8, 4) is 5.75 Å². The number of aromatic nitrogens is 1. The number of H-pyrrole nitrogens is 1. The zero-order chi connectivity index (χ0) is 18.7. The maximum atomic E-state index is 12.3. The molecule has 1 atom stereocenters. The molecule has 0 aliphatic heterocycles. The van der Waals surface area contributed by atoms with E-state index in [-0.39, 0.29) is 5.69 Å². The number of hydrogen-bond donors (Lipinski definition) is 2. The number of methoxy groups -OCH3 is 1. The SMILES string of the molecule is COc1ccccc1NC(=O)C(C)OC(=O)c1cc2cc(Br)ccc2[nH]1. The highest BCUT2D eigenvalue weighted by atomic mass is 79.9. The molecule has 26 heavy (non-hydrogen) atoms. The van der Waals surface area contributed by atoms with E-state index < -0.39 is 18.0 Å². The molecular weight excluding hydrogens is 400 g/mol. The van der Waals surface area contributed by atoms with Crippen LogP contribution in [0.4, 0.5) is 5.69 Å². The zero-order valence-corrected chi connectivity index (χ0v) is 15.8. The maximum absolute atomic E-state index is 12.3. The van der Waals surface area contributed by atoms with E-state index in [9.17, 15) is 9.59 Å². The average molecular weight is 417 g/mol. The molecule has 0 bridgehead atoms. The van der Waals surface area contributed by atoms with Crippen LogP contribution < -0.4 is 10.1 Å². The minimum atomic E-state index is -0.967. The number of hydrogen-bond acceptors (Lipinski definition) is 4. The summed E-state index contributed by atoms with van der Waals surface area (Å²) in [4.78, 5) is 27.6. The van der Waals surface area contributed by atoms with Crippen molar-refractivity contribution in [3.05, 3.63) is 58.7 Å². The number of aromatic amines is 1. The molecule has 0 aliphatic carbocycles. The van der Waals surface area contributed by atoms with Gasteiger partial charge in [-0.25, -0.2) is 4.79 Å². The van der Waals surface area contributed by atoms with Crippen LogP contribution >= 0.6 is 15.9 Å². The molecule has 7 heteroatoms. The molecule has 6 nitrogen and oxygen atoms in total. The van der Waals surface area contributed by atoms with Crippen molar-refractivity contribution >= 4 is 44.4 Å². The highest BCUT2D eigenvalue weighted by Crippen LogP contribution is 2.24. The summed E-state index contributed by atoms with van der Waals surface area (Å²) in [6.45, 7) is 1.52. The van der Waals surface area contributed by atoms with Crippen LogP contribution in [0.15, 0.2) is 53.0 Å². The molecule has 1 amide bonds. The summed E-state index contributed by atoms with van der Waals surface area (Å²) in [5.74, 6) is -0.512. The van der Waals surface area contributed by atoms with Crippen LogP contribution in [0.25, 0.3) is 10.9 Å². The number of para-hydroxylation sites is 2. The second kappa shape index (κ2) is 7.61. The minimum Gasteiger partial charge on any atom is -0.495 e. The quantitative estimate of drug-likeness (QED) is 0.612. The topological polar surface area (TPSA) is 80.4 Å². The van der Waals surface area contributed by atoms with Gasteiger partial charge >= 0.3 is 5.97 Å². The van der Waals surface area contributed by atoms with E-state index in [2.05, 4.69) is 26.2 Å². The number of carbonyl (C=O) groups is 2. The van der Waals surface area contributed by atoms with E-state index in [4.69, 9.17) is 9.47 Å². The van der Waals surface area contributed by atoms with Gasteiger partial charge in [0, 0.05) is 15.4 Å². The maximum Gasteiger partial charge on any atom is 0.355 e. The summed E-state index contributed by atoms with van der Waals surface area (Å²) >= 11 is 3.39. The Bertz CT molecular complexity index is 967. The Hall–Kier alpha value is -2.80. The predicted octanol–water partition coefficient (Wildman–Crippen LogP) is 4.12. The van der Waals surface area contributed by atoms with Crippen LogP contribution in [0.2, 0.25) is 0 Å². The van der Waals surface area contributed by atoms with Gasteiger partial charge in [0.05, 0.1) is 12.8 Å². The van der Waals surface area contributed by atoms with Crippen LogP contribution in [0, 0.1) is 0 Å². The number of amides is 1. The van der Waals surface area contributed by atoms with Gasteiger partial charge in [-0.2, -0.15) is 0 Å². The summed E-state index contributed by atoms with van der Waals surface area (Å²) in [7, 11) is 1.52. The summed E-state index contributed by atoms with van der Waals surface area (Å²) in [6.07, 6.45) is -0.967. The number of esters is 1. The lowest BCUT2D eigenvalue weighted by Crippen LogP contribution is -2.30. The fraction of sp³-hybridized carbons (Fsp3) is 0.158. The molecule has 1 heterocycles. The molecule has 0 fully saturated rings. The summed E-state index contributed by atoms with van der Waals surface area (Å²) in [6, 6.07) is 14.3. The normalized spacial score (nSPS) is 11.8. The lowest BCUT2D eigenvalue weighted by Gasteiger charge is -2.14. The van der Waals surface area contributed by atoms with E-state index in [0.717, 1.165) is 15.4 Å². The Labute approximate surface area is 158 Å². The number of anilines is 1. The van der Waals surface area contributed by atoms with Crippen LogP contribution in [0.5, 0.6) is 5.75 Å². The van der Waals surface area contributed by atoms with E-state index >= 15 is 0 Å². The molecule has 3 aromatic rings. The van der Waals surface area contributed by atoms with Gasteiger partial charge in [-0.3, -0.25) is 4.79 Å². The molecular formula is C19H17BrN2O4. The number of rotatable bonds is 5. The van der Waals surface area contributed by atoms with E-state index in [1.54, 1.807) is 30.3 Å². The van der Waals surface area contributed by atoms with Crippen LogP contribution in [-0.2, 0) is 9.53 Å². The van der Waals surface area contributed by atoms with Gasteiger partial charge in [0.25, 0.3) is 5.91 Å². The van der Waals surface area contributed by atoms with Crippen molar-refractivity contribution in [1.82, 2.24) is 4.98 Å². The average Bonchev–Trinajstić information content (AvgIpc) is 3.05. The van der Waals surface area contributed by atoms with Gasteiger partial charge < -0.3 is 19.8 Å². The third kappa shape index (κ3) is 3.88. The lowest BCUT2D eigenvalue weighted by atomic mass is 10.2. The fourth-order valence-corrected chi connectivity index (χ4v) is 2.85. The smallest absolute Gasteiger partial charge is 0.355 e.